The minimum atomic E-state index is -0.601. The molecule has 1 heterocycles. The van der Waals surface area contributed by atoms with E-state index in [0.717, 1.165) is 26.9 Å². The summed E-state index contributed by atoms with van der Waals surface area (Å²) in [5, 5.41) is 3.49. The predicted molar refractivity (Wildman–Crippen MR) is 154 cm³/mol. The summed E-state index contributed by atoms with van der Waals surface area (Å²) in [6, 6.07) is 34.4. The number of hydrogen-bond acceptors (Lipinski definition) is 5. The predicted octanol–water partition coefficient (Wildman–Crippen LogP) is 7.16. The molecule has 39 heavy (non-hydrogen) atoms. The minimum Gasteiger partial charge on any atom is -0.489 e. The van der Waals surface area contributed by atoms with Crippen LogP contribution < -0.4 is 10.1 Å². The second kappa shape index (κ2) is 12.6. The van der Waals surface area contributed by atoms with E-state index in [1.54, 1.807) is 0 Å². The quantitative estimate of drug-likeness (QED) is 0.214. The lowest BCUT2D eigenvalue weighted by Gasteiger charge is -2.26. The summed E-state index contributed by atoms with van der Waals surface area (Å²) in [4.78, 5) is 27.7. The fourth-order valence-corrected chi connectivity index (χ4v) is 5.05. The molecule has 4 aromatic carbocycles. The highest BCUT2D eigenvalue weighted by Crippen LogP contribution is 2.34. The first-order chi connectivity index (χ1) is 19.1. The molecule has 0 aromatic heterocycles. The number of cyclic esters (lactones) is 1. The van der Waals surface area contributed by atoms with Gasteiger partial charge >= 0.3 is 6.09 Å². The van der Waals surface area contributed by atoms with Gasteiger partial charge in [-0.1, -0.05) is 101 Å². The lowest BCUT2D eigenvalue weighted by molar-refractivity contribution is -0.129. The maximum atomic E-state index is 13.7. The molecule has 0 saturated carbocycles. The topological polar surface area (TPSA) is 67.9 Å². The lowest BCUT2D eigenvalue weighted by Crippen LogP contribution is -2.41. The van der Waals surface area contributed by atoms with Crippen LogP contribution in [0.4, 0.5) is 10.5 Å². The van der Waals surface area contributed by atoms with E-state index in [1.807, 2.05) is 109 Å². The molecule has 0 spiro atoms. The summed E-state index contributed by atoms with van der Waals surface area (Å²) in [5.74, 6) is 0.350. The molecule has 1 fully saturated rings. The van der Waals surface area contributed by atoms with E-state index in [4.69, 9.17) is 9.47 Å². The number of hydrogen-bond donors (Lipinski definition) is 1. The van der Waals surface area contributed by atoms with Crippen LogP contribution in [0.15, 0.2) is 114 Å². The van der Waals surface area contributed by atoms with Gasteiger partial charge < -0.3 is 14.8 Å². The third-order valence-electron chi connectivity index (χ3n) is 6.63. The Morgan fingerprint density at radius 2 is 1.56 bits per heavy atom. The molecular weight excluding hydrogens is 556 g/mol. The Morgan fingerprint density at radius 1 is 0.923 bits per heavy atom. The van der Waals surface area contributed by atoms with Gasteiger partial charge in [0.2, 0.25) is 5.91 Å². The molecule has 4 aromatic rings. The second-order valence-electron chi connectivity index (χ2n) is 9.41. The monoisotopic (exact) mass is 584 g/mol. The molecule has 2 amide bonds. The van der Waals surface area contributed by atoms with Crippen LogP contribution in [0, 0.1) is 0 Å². The van der Waals surface area contributed by atoms with Gasteiger partial charge in [-0.25, -0.2) is 9.69 Å². The van der Waals surface area contributed by atoms with Crippen LogP contribution in [-0.4, -0.2) is 29.5 Å². The fourth-order valence-electron chi connectivity index (χ4n) is 4.71. The summed E-state index contributed by atoms with van der Waals surface area (Å²) in [5.41, 5.74) is 3.76. The Bertz CT molecular complexity index is 1400. The number of para-hydroxylation sites is 1. The largest absolute Gasteiger partial charge is 0.489 e. The lowest BCUT2D eigenvalue weighted by atomic mass is 10.00. The number of amides is 2. The number of benzene rings is 4. The number of anilines is 1. The number of halogens is 1. The van der Waals surface area contributed by atoms with E-state index < -0.39 is 12.1 Å². The van der Waals surface area contributed by atoms with Crippen molar-refractivity contribution >= 4 is 33.6 Å². The summed E-state index contributed by atoms with van der Waals surface area (Å²) < 4.78 is 12.4. The number of carbonyl (C=O) groups is 2. The van der Waals surface area contributed by atoms with E-state index in [-0.39, 0.29) is 25.0 Å². The first kappa shape index (κ1) is 26.5. The molecular formula is C32H29BrN2O4. The van der Waals surface area contributed by atoms with E-state index >= 15 is 0 Å². The van der Waals surface area contributed by atoms with Gasteiger partial charge in [0.05, 0.1) is 18.5 Å². The fraction of sp³-hybridized carbons (Fsp3) is 0.188. The van der Waals surface area contributed by atoms with E-state index in [0.29, 0.717) is 18.8 Å². The highest BCUT2D eigenvalue weighted by molar-refractivity contribution is 9.10. The van der Waals surface area contributed by atoms with Crippen molar-refractivity contribution in [1.82, 2.24) is 4.90 Å². The SMILES string of the molecule is O=C(CC(Nc1ccccc1)c1ccc(Br)cc1OCc1ccccc1)N1C(=O)OC[C@@H]1Cc1ccccc1. The highest BCUT2D eigenvalue weighted by Gasteiger charge is 2.39. The zero-order chi connectivity index (χ0) is 27.0. The number of rotatable bonds is 10. The van der Waals surface area contributed by atoms with Crippen molar-refractivity contribution in [3.63, 3.8) is 0 Å². The van der Waals surface area contributed by atoms with Crippen LogP contribution in [-0.2, 0) is 22.6 Å². The molecule has 5 rings (SSSR count). The van der Waals surface area contributed by atoms with Gasteiger partial charge in [0.15, 0.2) is 0 Å². The molecule has 1 aliphatic rings. The van der Waals surface area contributed by atoms with Gasteiger partial charge in [-0.05, 0) is 41.8 Å². The Kier molecular flexibility index (Phi) is 8.58. The van der Waals surface area contributed by atoms with Crippen LogP contribution in [0.25, 0.3) is 0 Å². The van der Waals surface area contributed by atoms with E-state index in [2.05, 4.69) is 21.2 Å². The van der Waals surface area contributed by atoms with Crippen molar-refractivity contribution in [2.45, 2.75) is 31.5 Å². The van der Waals surface area contributed by atoms with Crippen LogP contribution in [0.3, 0.4) is 0 Å². The summed E-state index contributed by atoms with van der Waals surface area (Å²) in [6.45, 7) is 0.563. The van der Waals surface area contributed by atoms with Gasteiger partial charge in [0.1, 0.15) is 19.0 Å². The number of nitrogens with zero attached hydrogens (tertiary/aromatic N) is 1. The average Bonchev–Trinajstić information content (AvgIpc) is 3.33. The smallest absolute Gasteiger partial charge is 0.416 e. The normalized spacial score (nSPS) is 15.5. The van der Waals surface area contributed by atoms with Crippen molar-refractivity contribution in [3.8, 4) is 5.75 Å². The summed E-state index contributed by atoms with van der Waals surface area (Å²) in [7, 11) is 0. The minimum absolute atomic E-state index is 0.0403. The molecule has 0 aliphatic carbocycles. The van der Waals surface area contributed by atoms with Crippen molar-refractivity contribution < 1.29 is 19.1 Å². The van der Waals surface area contributed by atoms with Crippen molar-refractivity contribution in [2.75, 3.05) is 11.9 Å². The molecule has 0 radical (unpaired) electrons. The molecule has 1 aliphatic heterocycles. The molecule has 7 heteroatoms. The van der Waals surface area contributed by atoms with E-state index in [1.165, 1.54) is 4.90 Å². The number of ether oxygens (including phenoxy) is 2. The third kappa shape index (κ3) is 6.86. The third-order valence-corrected chi connectivity index (χ3v) is 7.12. The number of nitrogens with one attached hydrogen (secondary N) is 1. The highest BCUT2D eigenvalue weighted by atomic mass is 79.9. The Balaban J connectivity index is 1.41. The first-order valence-corrected chi connectivity index (χ1v) is 13.7. The summed E-state index contributed by atoms with van der Waals surface area (Å²) in [6.07, 6.45) is -0.0204. The molecule has 1 unspecified atom stereocenters. The van der Waals surface area contributed by atoms with Crippen LogP contribution in [0.2, 0.25) is 0 Å². The van der Waals surface area contributed by atoms with Gasteiger partial charge in [-0.3, -0.25) is 4.79 Å². The Hall–Kier alpha value is -4.10. The van der Waals surface area contributed by atoms with Crippen LogP contribution >= 0.6 is 15.9 Å². The molecule has 1 N–H and O–H groups in total. The zero-order valence-electron chi connectivity index (χ0n) is 21.3. The zero-order valence-corrected chi connectivity index (χ0v) is 22.9. The van der Waals surface area contributed by atoms with Crippen molar-refractivity contribution in [1.29, 1.82) is 0 Å². The van der Waals surface area contributed by atoms with Crippen LogP contribution in [0.5, 0.6) is 5.75 Å². The van der Waals surface area contributed by atoms with Gasteiger partial charge in [0, 0.05) is 15.7 Å². The molecule has 2 atom stereocenters. The average molecular weight is 585 g/mol. The Morgan fingerprint density at radius 3 is 2.26 bits per heavy atom. The van der Waals surface area contributed by atoms with Crippen molar-refractivity contribution in [2.24, 2.45) is 0 Å². The number of carbonyl (C=O) groups excluding carboxylic acids is 2. The number of imide groups is 1. The maximum absolute atomic E-state index is 13.7. The van der Waals surface area contributed by atoms with E-state index in [9.17, 15) is 9.59 Å². The second-order valence-corrected chi connectivity index (χ2v) is 10.3. The molecule has 6 nitrogen and oxygen atoms in total. The maximum Gasteiger partial charge on any atom is 0.416 e. The van der Waals surface area contributed by atoms with Gasteiger partial charge in [-0.2, -0.15) is 0 Å². The Labute approximate surface area is 236 Å². The standard InChI is InChI=1S/C32H29BrN2O4/c33-25-16-17-28(30(19-25)38-21-24-12-6-2-7-13-24)29(34-26-14-8-3-9-15-26)20-31(36)35-27(22-39-32(35)37)18-23-10-4-1-5-11-23/h1-17,19,27,29,34H,18,20-22H2/t27-,29?/m0/s1. The summed E-state index contributed by atoms with van der Waals surface area (Å²) >= 11 is 3.55. The van der Waals surface area contributed by atoms with Crippen molar-refractivity contribution in [3.05, 3.63) is 130 Å². The molecule has 0 bridgehead atoms. The molecule has 1 saturated heterocycles. The van der Waals surface area contributed by atoms with Crippen LogP contribution in [0.1, 0.15) is 29.2 Å². The molecule has 198 valence electrons. The van der Waals surface area contributed by atoms with Gasteiger partial charge in [-0.15, -0.1) is 0 Å². The first-order valence-electron chi connectivity index (χ1n) is 12.9. The van der Waals surface area contributed by atoms with Gasteiger partial charge in [0.25, 0.3) is 0 Å².